The first kappa shape index (κ1) is 84.1. The molecule has 0 aliphatic heterocycles. The summed E-state index contributed by atoms with van der Waals surface area (Å²) in [5.74, 6) is 0. The van der Waals surface area contributed by atoms with E-state index in [1.807, 2.05) is 0 Å². The topological polar surface area (TPSA) is 0 Å². The molecule has 0 aliphatic carbocycles. The molecule has 28 aromatic rings. The van der Waals surface area contributed by atoms with Crippen LogP contribution in [0.15, 0.2) is 558 Å². The lowest BCUT2D eigenvalue weighted by atomic mass is 9.83. The Kier molecular flexibility index (Phi) is 21.4. The van der Waals surface area contributed by atoms with Crippen molar-refractivity contribution in [2.45, 2.75) is 0 Å². The highest BCUT2D eigenvalue weighted by molar-refractivity contribution is 6.29. The largest absolute Gasteiger partial charge is 0.0622 e. The third-order valence-electron chi connectivity index (χ3n) is 29.4. The van der Waals surface area contributed by atoms with Crippen molar-refractivity contribution >= 4 is 140 Å². The van der Waals surface area contributed by atoms with Gasteiger partial charge in [-0.1, -0.05) is 540 Å². The quantitative estimate of drug-likeness (QED) is 0.0845. The van der Waals surface area contributed by atoms with Crippen LogP contribution in [0.2, 0.25) is 0 Å². The average Bonchev–Trinajstić information content (AvgIpc) is 0.746. The molecule has 0 aromatic heterocycles. The number of hydrogen-bond acceptors (Lipinski definition) is 0. The van der Waals surface area contributed by atoms with Crippen molar-refractivity contribution in [3.8, 4) is 134 Å². The maximum atomic E-state index is 2.40. The molecule has 0 saturated carbocycles. The molecule has 0 saturated heterocycles. The van der Waals surface area contributed by atoms with Gasteiger partial charge in [0.05, 0.1) is 0 Å². The van der Waals surface area contributed by atoms with Gasteiger partial charge < -0.3 is 0 Å². The summed E-state index contributed by atoms with van der Waals surface area (Å²) in [6.45, 7) is 0. The molecule has 0 radical (unpaired) electrons. The highest BCUT2D eigenvalue weighted by Gasteiger charge is 2.26. The standard InChI is InChI=1S/C50H32.2C46H30/c1-2-15-33(16-3-1)38-29-30-47(41-23-8-6-22-40(38)41)50-45-27-12-10-25-43(45)49(44-26-11-13-28-46(44)50)36-19-14-18-34(31-36)48-32-35-17-4-5-20-37(35)39-21-7-9-24-42(39)48;1-2-13-31(14-3-1)37-29-30-44(39-19-7-6-18-38(37)39)46-42-22-10-8-20-40(42)45(41-21-9-11-23-43(41)46)34-27-25-33(26-28-34)36-24-12-16-32-15-4-5-17-35(32)36;1-2-13-33(14-3-1)37-28-29-44(39-17-7-6-16-38(37)39)46-42-20-10-8-18-40(42)45(41-19-9-11-21-43(41)46)34-25-22-32(23-26-34)36-27-24-31-12-4-5-15-35(31)30-36/h1-32H;2*1-30H. The summed E-state index contributed by atoms with van der Waals surface area (Å²) >= 11 is 0. The van der Waals surface area contributed by atoms with Gasteiger partial charge in [0.15, 0.2) is 0 Å². The third kappa shape index (κ3) is 14.9. The Bertz CT molecular complexity index is 9630. The molecule has 142 heavy (non-hydrogen) atoms. The number of fused-ring (bicyclic) bond motifs is 14. The fraction of sp³-hybridized carbons (Fsp3) is 0. The van der Waals surface area contributed by atoms with Gasteiger partial charge in [-0.15, -0.1) is 0 Å². The van der Waals surface area contributed by atoms with Crippen LogP contribution in [0.4, 0.5) is 0 Å². The summed E-state index contributed by atoms with van der Waals surface area (Å²) in [5, 5.41) is 33.0. The van der Waals surface area contributed by atoms with Crippen LogP contribution in [0.1, 0.15) is 0 Å². The van der Waals surface area contributed by atoms with Crippen LogP contribution in [0.5, 0.6) is 0 Å². The first-order chi connectivity index (χ1) is 70.5. The van der Waals surface area contributed by atoms with Crippen LogP contribution in [-0.2, 0) is 0 Å². The number of benzene rings is 28. The monoisotopic (exact) mass is 1800 g/mol. The number of rotatable bonds is 12. The molecule has 0 aliphatic rings. The van der Waals surface area contributed by atoms with E-state index in [4.69, 9.17) is 0 Å². The minimum atomic E-state index is 1.22. The molecule has 0 amide bonds. The molecule has 0 N–H and O–H groups in total. The van der Waals surface area contributed by atoms with Crippen LogP contribution in [0.25, 0.3) is 274 Å². The molecule has 0 bridgehead atoms. The molecule has 0 heterocycles. The summed E-state index contributed by atoms with van der Waals surface area (Å²) < 4.78 is 0. The highest BCUT2D eigenvalue weighted by atomic mass is 14.3. The minimum Gasteiger partial charge on any atom is -0.0622 e. The van der Waals surface area contributed by atoms with Crippen molar-refractivity contribution in [1.82, 2.24) is 0 Å². The number of hydrogen-bond donors (Lipinski definition) is 0. The summed E-state index contributed by atoms with van der Waals surface area (Å²) in [5.41, 5.74) is 30.1. The third-order valence-corrected chi connectivity index (χ3v) is 29.4. The van der Waals surface area contributed by atoms with E-state index in [1.54, 1.807) is 0 Å². The summed E-state index contributed by atoms with van der Waals surface area (Å²) in [6.07, 6.45) is 0. The lowest BCUT2D eigenvalue weighted by Crippen LogP contribution is -1.93. The zero-order valence-corrected chi connectivity index (χ0v) is 78.1. The van der Waals surface area contributed by atoms with Gasteiger partial charge in [-0.05, 0) is 292 Å². The van der Waals surface area contributed by atoms with Gasteiger partial charge in [0.1, 0.15) is 0 Å². The second-order valence-corrected chi connectivity index (χ2v) is 37.3. The predicted octanol–water partition coefficient (Wildman–Crippen LogP) is 40.1. The summed E-state index contributed by atoms with van der Waals surface area (Å²) in [4.78, 5) is 0. The van der Waals surface area contributed by atoms with Gasteiger partial charge in [0, 0.05) is 0 Å². The minimum absolute atomic E-state index is 1.22. The molecule has 0 atom stereocenters. The van der Waals surface area contributed by atoms with E-state index >= 15 is 0 Å². The van der Waals surface area contributed by atoms with Crippen molar-refractivity contribution in [2.24, 2.45) is 0 Å². The summed E-state index contributed by atoms with van der Waals surface area (Å²) in [6, 6.07) is 204. The van der Waals surface area contributed by atoms with Crippen LogP contribution < -0.4 is 0 Å². The van der Waals surface area contributed by atoms with Crippen LogP contribution in [0, 0.1) is 0 Å². The van der Waals surface area contributed by atoms with Gasteiger partial charge >= 0.3 is 0 Å². The lowest BCUT2D eigenvalue weighted by molar-refractivity contribution is 1.62. The van der Waals surface area contributed by atoms with Crippen molar-refractivity contribution < 1.29 is 0 Å². The van der Waals surface area contributed by atoms with Crippen molar-refractivity contribution in [1.29, 1.82) is 0 Å². The normalized spacial score (nSPS) is 11.5. The molecule has 28 rings (SSSR count). The van der Waals surface area contributed by atoms with Crippen LogP contribution in [0.3, 0.4) is 0 Å². The van der Waals surface area contributed by atoms with Gasteiger partial charge in [-0.2, -0.15) is 0 Å². The smallest absolute Gasteiger partial charge is 0.00201 e. The van der Waals surface area contributed by atoms with Gasteiger partial charge in [0.25, 0.3) is 0 Å². The zero-order valence-electron chi connectivity index (χ0n) is 78.1. The van der Waals surface area contributed by atoms with E-state index in [0.717, 1.165) is 0 Å². The molecular formula is C142H92. The molecular weight excluding hydrogens is 1710 g/mol. The molecule has 0 spiro atoms. The second-order valence-electron chi connectivity index (χ2n) is 37.3. The SMILES string of the molecule is c1ccc(-c2ccc(-c3c4ccccc4c(-c4ccc(-c5ccc6ccccc6c5)cc4)c4ccccc34)c3ccccc23)cc1.c1ccc(-c2ccc(-c3c4ccccc4c(-c4ccc(-c5cccc6ccccc56)cc4)c4ccccc34)c3ccccc23)cc1.c1ccc(-c2ccc(-c3c4ccccc4c(-c4cccc(-c5cc6ccccc6c6ccccc56)c4)c4ccccc34)c3ccccc23)cc1. The van der Waals surface area contributed by atoms with Crippen molar-refractivity contribution in [3.05, 3.63) is 558 Å². The second kappa shape index (κ2) is 36.2. The predicted molar refractivity (Wildman–Crippen MR) is 612 cm³/mol. The van der Waals surface area contributed by atoms with E-state index in [0.29, 0.717) is 0 Å². The Labute approximate surface area is 825 Å². The summed E-state index contributed by atoms with van der Waals surface area (Å²) in [7, 11) is 0. The van der Waals surface area contributed by atoms with Gasteiger partial charge in [0.2, 0.25) is 0 Å². The Morgan fingerprint density at radius 3 is 0.697 bits per heavy atom. The Balaban J connectivity index is 0.000000109. The molecule has 0 fully saturated rings. The molecule has 28 aromatic carbocycles. The molecule has 660 valence electrons. The Morgan fingerprint density at radius 1 is 0.0704 bits per heavy atom. The molecule has 0 heteroatoms. The molecule has 0 unspecified atom stereocenters. The van der Waals surface area contributed by atoms with Crippen molar-refractivity contribution in [3.63, 3.8) is 0 Å². The maximum absolute atomic E-state index is 2.40. The average molecular weight is 1800 g/mol. The first-order valence-corrected chi connectivity index (χ1v) is 49.2. The lowest BCUT2D eigenvalue weighted by Gasteiger charge is -2.20. The Hall–Kier alpha value is -18.5. The van der Waals surface area contributed by atoms with E-state index in [9.17, 15) is 0 Å². The van der Waals surface area contributed by atoms with E-state index < -0.39 is 0 Å². The van der Waals surface area contributed by atoms with Crippen LogP contribution in [-0.4, -0.2) is 0 Å². The zero-order chi connectivity index (χ0) is 93.9. The van der Waals surface area contributed by atoms with Crippen LogP contribution >= 0.6 is 0 Å². The van der Waals surface area contributed by atoms with Crippen molar-refractivity contribution in [2.75, 3.05) is 0 Å². The Morgan fingerprint density at radius 2 is 0.303 bits per heavy atom. The van der Waals surface area contributed by atoms with Gasteiger partial charge in [-0.3, -0.25) is 0 Å². The molecule has 0 nitrogen and oxygen atoms in total. The maximum Gasteiger partial charge on any atom is -0.00201 e. The first-order valence-electron chi connectivity index (χ1n) is 49.2. The van der Waals surface area contributed by atoms with Gasteiger partial charge in [-0.25, -0.2) is 0 Å². The van der Waals surface area contributed by atoms with E-state index in [2.05, 4.69) is 558 Å². The highest BCUT2D eigenvalue weighted by Crippen LogP contribution is 2.53. The van der Waals surface area contributed by atoms with E-state index in [1.165, 1.54) is 274 Å². The fourth-order valence-electron chi connectivity index (χ4n) is 23.0. The fourth-order valence-corrected chi connectivity index (χ4v) is 23.0. The van der Waals surface area contributed by atoms with E-state index in [-0.39, 0.29) is 0 Å².